The molecule has 26 heavy (non-hydrogen) atoms. The summed E-state index contributed by atoms with van der Waals surface area (Å²) in [5.41, 5.74) is 1.36. The molecule has 136 valence electrons. The second-order valence-electron chi connectivity index (χ2n) is 5.57. The molecule has 0 spiro atoms. The lowest BCUT2D eigenvalue weighted by Crippen LogP contribution is -2.16. The summed E-state index contributed by atoms with van der Waals surface area (Å²) in [4.78, 5) is 35.6. The molecule has 0 heterocycles. The lowest BCUT2D eigenvalue weighted by molar-refractivity contribution is -0.116. The van der Waals surface area contributed by atoms with Crippen LogP contribution in [0.2, 0.25) is 5.02 Å². The van der Waals surface area contributed by atoms with Crippen LogP contribution in [0.3, 0.4) is 0 Å². The van der Waals surface area contributed by atoms with Crippen LogP contribution in [0.1, 0.15) is 30.1 Å². The predicted molar refractivity (Wildman–Crippen MR) is 101 cm³/mol. The molecule has 2 amide bonds. The Labute approximate surface area is 156 Å². The molecule has 2 aromatic carbocycles. The summed E-state index contributed by atoms with van der Waals surface area (Å²) >= 11 is 5.79. The van der Waals surface area contributed by atoms with Gasteiger partial charge in [-0.15, -0.1) is 0 Å². The average molecular weight is 375 g/mol. The van der Waals surface area contributed by atoms with Crippen LogP contribution in [0.15, 0.2) is 42.5 Å². The molecule has 6 nitrogen and oxygen atoms in total. The van der Waals surface area contributed by atoms with Gasteiger partial charge in [-0.05, 0) is 36.4 Å². The van der Waals surface area contributed by atoms with Crippen molar-refractivity contribution in [3.63, 3.8) is 0 Å². The zero-order valence-corrected chi connectivity index (χ0v) is 15.2. The van der Waals surface area contributed by atoms with Crippen LogP contribution >= 0.6 is 11.6 Å². The molecule has 2 N–H and O–H groups in total. The van der Waals surface area contributed by atoms with Crippen molar-refractivity contribution in [1.82, 2.24) is 0 Å². The fourth-order valence-electron chi connectivity index (χ4n) is 2.27. The van der Waals surface area contributed by atoms with E-state index in [1.54, 1.807) is 42.5 Å². The van der Waals surface area contributed by atoms with Crippen molar-refractivity contribution in [2.24, 2.45) is 0 Å². The number of hydrogen-bond acceptors (Lipinski definition) is 4. The van der Waals surface area contributed by atoms with E-state index < -0.39 is 0 Å². The molecular formula is C19H19ClN2O4. The Bertz CT molecular complexity index is 819. The van der Waals surface area contributed by atoms with Crippen LogP contribution in [0.25, 0.3) is 0 Å². The van der Waals surface area contributed by atoms with Crippen molar-refractivity contribution < 1.29 is 19.1 Å². The number of ether oxygens (including phenoxy) is 1. The number of nitrogens with one attached hydrogen (secondary N) is 2. The van der Waals surface area contributed by atoms with Crippen LogP contribution in [0.5, 0.6) is 5.75 Å². The number of halogens is 1. The number of Topliss-reactive ketones (excluding diaryl/α,β-unsaturated/α-hetero) is 1. The first kappa shape index (κ1) is 19.5. The van der Waals surface area contributed by atoms with Crippen LogP contribution in [0.4, 0.5) is 11.4 Å². The van der Waals surface area contributed by atoms with Gasteiger partial charge in [0.25, 0.3) is 0 Å². The number of carbonyl (C=O) groups is 3. The summed E-state index contributed by atoms with van der Waals surface area (Å²) in [6, 6.07) is 11.4. The minimum absolute atomic E-state index is 0.0121. The van der Waals surface area contributed by atoms with Crippen molar-refractivity contribution in [3.05, 3.63) is 53.1 Å². The lowest BCUT2D eigenvalue weighted by Gasteiger charge is -2.13. The molecule has 0 radical (unpaired) electrons. The Morgan fingerprint density at radius 3 is 2.27 bits per heavy atom. The maximum atomic E-state index is 12.2. The van der Waals surface area contributed by atoms with Crippen LogP contribution < -0.4 is 15.4 Å². The Kier molecular flexibility index (Phi) is 6.74. The normalized spacial score (nSPS) is 10.1. The maximum absolute atomic E-state index is 12.2. The van der Waals surface area contributed by atoms with Crippen molar-refractivity contribution in [3.8, 4) is 5.75 Å². The number of rotatable bonds is 7. The minimum Gasteiger partial charge on any atom is -0.497 e. The van der Waals surface area contributed by atoms with Crippen molar-refractivity contribution in [2.75, 3.05) is 17.7 Å². The summed E-state index contributed by atoms with van der Waals surface area (Å²) < 4.78 is 5.13. The van der Waals surface area contributed by atoms with Gasteiger partial charge >= 0.3 is 0 Å². The summed E-state index contributed by atoms with van der Waals surface area (Å²) in [6.45, 7) is 1.38. The van der Waals surface area contributed by atoms with Crippen molar-refractivity contribution >= 4 is 40.6 Å². The Balaban J connectivity index is 2.01. The van der Waals surface area contributed by atoms with Gasteiger partial charge in [0.2, 0.25) is 11.8 Å². The first-order valence-corrected chi connectivity index (χ1v) is 8.31. The van der Waals surface area contributed by atoms with E-state index in [0.717, 1.165) is 0 Å². The van der Waals surface area contributed by atoms with Crippen LogP contribution in [-0.4, -0.2) is 24.7 Å². The van der Waals surface area contributed by atoms with E-state index in [4.69, 9.17) is 16.3 Å². The molecule has 0 saturated heterocycles. The maximum Gasteiger partial charge on any atom is 0.224 e. The number of anilines is 2. The quantitative estimate of drug-likeness (QED) is 0.719. The summed E-state index contributed by atoms with van der Waals surface area (Å²) in [5, 5.41) is 5.88. The molecule has 0 saturated carbocycles. The van der Waals surface area contributed by atoms with E-state index in [9.17, 15) is 14.4 Å². The second-order valence-corrected chi connectivity index (χ2v) is 6.01. The number of ketones is 1. The second kappa shape index (κ2) is 9.01. The zero-order chi connectivity index (χ0) is 19.1. The summed E-state index contributed by atoms with van der Waals surface area (Å²) in [5.74, 6) is -0.216. The number of benzene rings is 2. The molecule has 0 fully saturated rings. The molecule has 2 rings (SSSR count). The first-order valence-electron chi connectivity index (χ1n) is 7.93. The van der Waals surface area contributed by atoms with Gasteiger partial charge in [0.1, 0.15) is 5.75 Å². The molecule has 0 bridgehead atoms. The highest BCUT2D eigenvalue weighted by molar-refractivity contribution is 6.30. The van der Waals surface area contributed by atoms with Gasteiger partial charge in [0.05, 0.1) is 18.5 Å². The Hall–Kier alpha value is -2.86. The number of carbonyl (C=O) groups excluding carboxylic acids is 3. The molecule has 0 aliphatic heterocycles. The number of methoxy groups -OCH3 is 1. The van der Waals surface area contributed by atoms with Gasteiger partial charge in [-0.1, -0.05) is 11.6 Å². The average Bonchev–Trinajstić information content (AvgIpc) is 2.61. The monoisotopic (exact) mass is 374 g/mol. The van der Waals surface area contributed by atoms with Gasteiger partial charge in [-0.3, -0.25) is 14.4 Å². The van der Waals surface area contributed by atoms with Gasteiger partial charge in [-0.2, -0.15) is 0 Å². The minimum atomic E-state index is -0.341. The van der Waals surface area contributed by atoms with Gasteiger partial charge in [0, 0.05) is 36.4 Å². The SMILES string of the molecule is COc1ccc(NC(C)=O)c(NC(=O)CCC(=O)c2ccc(Cl)cc2)c1. The Morgan fingerprint density at radius 2 is 1.65 bits per heavy atom. The number of hydrogen-bond donors (Lipinski definition) is 2. The largest absolute Gasteiger partial charge is 0.497 e. The molecular weight excluding hydrogens is 356 g/mol. The highest BCUT2D eigenvalue weighted by atomic mass is 35.5. The van der Waals surface area contributed by atoms with E-state index in [-0.39, 0.29) is 30.4 Å². The molecule has 7 heteroatoms. The smallest absolute Gasteiger partial charge is 0.224 e. The fraction of sp³-hybridized carbons (Fsp3) is 0.211. The zero-order valence-electron chi connectivity index (χ0n) is 14.5. The van der Waals surface area contributed by atoms with Gasteiger partial charge in [0.15, 0.2) is 5.78 Å². The molecule has 2 aromatic rings. The predicted octanol–water partition coefficient (Wildman–Crippen LogP) is 3.91. The molecule has 0 aliphatic rings. The van der Waals surface area contributed by atoms with Crippen LogP contribution in [0, 0.1) is 0 Å². The third-order valence-corrected chi connectivity index (χ3v) is 3.81. The molecule has 0 aromatic heterocycles. The molecule has 0 unspecified atom stereocenters. The van der Waals surface area contributed by atoms with Crippen molar-refractivity contribution in [1.29, 1.82) is 0 Å². The lowest BCUT2D eigenvalue weighted by atomic mass is 10.1. The third kappa shape index (κ3) is 5.60. The van der Waals surface area contributed by atoms with E-state index >= 15 is 0 Å². The van der Waals surface area contributed by atoms with E-state index in [0.29, 0.717) is 27.7 Å². The van der Waals surface area contributed by atoms with Crippen LogP contribution in [-0.2, 0) is 9.59 Å². The standard InChI is InChI=1S/C19H19ClN2O4/c1-12(23)21-16-8-7-15(26-2)11-17(16)22-19(25)10-9-18(24)13-3-5-14(20)6-4-13/h3-8,11H,9-10H2,1-2H3,(H,21,23)(H,22,25). The summed E-state index contributed by atoms with van der Waals surface area (Å²) in [7, 11) is 1.50. The fourth-order valence-corrected chi connectivity index (χ4v) is 2.40. The van der Waals surface area contributed by atoms with E-state index in [1.165, 1.54) is 14.0 Å². The number of amides is 2. The topological polar surface area (TPSA) is 84.5 Å². The van der Waals surface area contributed by atoms with E-state index in [1.807, 2.05) is 0 Å². The summed E-state index contributed by atoms with van der Waals surface area (Å²) in [6.07, 6.45) is 0.0745. The highest BCUT2D eigenvalue weighted by Gasteiger charge is 2.12. The van der Waals surface area contributed by atoms with Gasteiger partial charge < -0.3 is 15.4 Å². The Morgan fingerprint density at radius 1 is 0.962 bits per heavy atom. The van der Waals surface area contributed by atoms with Crippen molar-refractivity contribution in [2.45, 2.75) is 19.8 Å². The molecule has 0 aliphatic carbocycles. The highest BCUT2D eigenvalue weighted by Crippen LogP contribution is 2.27. The third-order valence-electron chi connectivity index (χ3n) is 3.56. The van der Waals surface area contributed by atoms with E-state index in [2.05, 4.69) is 10.6 Å². The van der Waals surface area contributed by atoms with Gasteiger partial charge in [-0.25, -0.2) is 0 Å². The first-order chi connectivity index (χ1) is 12.4. The molecule has 0 atom stereocenters.